The summed E-state index contributed by atoms with van der Waals surface area (Å²) in [5.41, 5.74) is 0.322. The van der Waals surface area contributed by atoms with Gasteiger partial charge in [-0.15, -0.1) is 0 Å². The van der Waals surface area contributed by atoms with Crippen LogP contribution in [0.4, 0.5) is 4.79 Å². The van der Waals surface area contributed by atoms with E-state index in [1.54, 1.807) is 6.92 Å². The molecule has 4 unspecified atom stereocenters. The van der Waals surface area contributed by atoms with Crippen LogP contribution in [0.15, 0.2) is 12.2 Å². The van der Waals surface area contributed by atoms with E-state index in [-0.39, 0.29) is 19.2 Å². The Labute approximate surface area is 347 Å². The molecule has 0 saturated heterocycles. The van der Waals surface area contributed by atoms with E-state index < -0.39 is 56.8 Å². The van der Waals surface area contributed by atoms with Crippen LogP contribution in [0.5, 0.6) is 0 Å². The highest BCUT2D eigenvalue weighted by Gasteiger charge is 2.46. The number of carbonyl (C=O) groups is 2. The van der Waals surface area contributed by atoms with Crippen molar-refractivity contribution in [3.8, 4) is 0 Å². The van der Waals surface area contributed by atoms with Crippen LogP contribution in [0.25, 0.3) is 0 Å². The van der Waals surface area contributed by atoms with Gasteiger partial charge in [-0.1, -0.05) is 27.4 Å². The zero-order chi connectivity index (χ0) is 42.4. The number of rotatable bonds is 31. The summed E-state index contributed by atoms with van der Waals surface area (Å²) in [5, 5.41) is 13.0. The molecule has 0 aliphatic rings. The van der Waals surface area contributed by atoms with E-state index in [9.17, 15) is 9.59 Å². The lowest BCUT2D eigenvalue weighted by molar-refractivity contribution is -0.138. The topological polar surface area (TPSA) is 147 Å². The number of esters is 1. The van der Waals surface area contributed by atoms with Gasteiger partial charge in [-0.3, -0.25) is 0 Å². The maximum Gasteiger partial charge on any atom is 0.333 e. The van der Waals surface area contributed by atoms with Crippen molar-refractivity contribution in [2.45, 2.75) is 149 Å². The molecule has 4 N–H and O–H groups in total. The van der Waals surface area contributed by atoms with E-state index in [2.05, 4.69) is 101 Å². The first-order valence-electron chi connectivity index (χ1n) is 20.4. The van der Waals surface area contributed by atoms with Crippen molar-refractivity contribution in [3.05, 3.63) is 12.2 Å². The molecule has 0 aliphatic carbocycles. The number of urea groups is 1. The molecule has 20 heteroatoms. The second-order valence-electron chi connectivity index (χ2n) is 16.0. The Morgan fingerprint density at radius 2 is 0.964 bits per heavy atom. The fraction of sp³-hybridized carbons (Fsp3) is 0.857. The Hall–Kier alpha value is -0.769. The van der Waals surface area contributed by atoms with E-state index in [1.807, 2.05) is 13.8 Å². The zero-order valence-corrected chi connectivity index (χ0v) is 43.9. The van der Waals surface area contributed by atoms with E-state index in [4.69, 9.17) is 42.3 Å². The Morgan fingerprint density at radius 3 is 1.38 bits per heavy atom. The van der Waals surface area contributed by atoms with Crippen LogP contribution in [-0.2, 0) is 34.8 Å². The SMILES string of the molecule is C=C(C)C(=O)OCCNC(=O)NCCC[Si](C)(OCC)O[Si](C)(CCCNC(=S)NCCC[Si](C)(O[Si](C)(C)CC)O[Si](C)(CC)OCC)O[Si](C)(C)CC. The average Bonchev–Trinajstić information content (AvgIpc) is 3.08. The van der Waals surface area contributed by atoms with Gasteiger partial charge in [-0.05, 0) is 141 Å². The highest BCUT2D eigenvalue weighted by Crippen LogP contribution is 2.31. The molecule has 13 nitrogen and oxygen atoms in total. The molecule has 55 heavy (non-hydrogen) atoms. The Balaban J connectivity index is 5.20. The second-order valence-corrected chi connectivity index (χ2v) is 40.0. The van der Waals surface area contributed by atoms with Gasteiger partial charge >= 0.3 is 46.2 Å². The molecule has 0 spiro atoms. The number of hydrogen-bond donors (Lipinski definition) is 4. The molecule has 0 bridgehead atoms. The second kappa shape index (κ2) is 26.4. The summed E-state index contributed by atoms with van der Waals surface area (Å²) >= 11 is 5.68. The molecule has 0 aromatic heterocycles. The van der Waals surface area contributed by atoms with Gasteiger partial charge in [0.05, 0.1) is 6.54 Å². The molecular weight excluding hydrogens is 821 g/mol. The van der Waals surface area contributed by atoms with Gasteiger partial charge in [0.2, 0.25) is 0 Å². The number of amides is 2. The molecule has 2 amide bonds. The first kappa shape index (κ1) is 54.2. The highest BCUT2D eigenvalue weighted by molar-refractivity contribution is 7.80. The lowest BCUT2D eigenvalue weighted by Gasteiger charge is -2.41. The largest absolute Gasteiger partial charge is 0.460 e. The van der Waals surface area contributed by atoms with Gasteiger partial charge in [0, 0.05) is 38.4 Å². The maximum atomic E-state index is 12.3. The van der Waals surface area contributed by atoms with Crippen LogP contribution < -0.4 is 21.3 Å². The van der Waals surface area contributed by atoms with Gasteiger partial charge in [-0.2, -0.15) is 0 Å². The van der Waals surface area contributed by atoms with Gasteiger partial charge in [0.15, 0.2) is 21.7 Å². The van der Waals surface area contributed by atoms with Crippen molar-refractivity contribution >= 4 is 80.2 Å². The van der Waals surface area contributed by atoms with E-state index in [0.29, 0.717) is 49.5 Å². The Kier molecular flexibility index (Phi) is 26.0. The van der Waals surface area contributed by atoms with Crippen molar-refractivity contribution in [2.24, 2.45) is 0 Å². The van der Waals surface area contributed by atoms with Gasteiger partial charge in [0.25, 0.3) is 0 Å². The molecule has 0 radical (unpaired) electrons. The number of nitrogens with one attached hydrogen (secondary N) is 4. The highest BCUT2D eigenvalue weighted by atomic mass is 32.1. The molecule has 0 saturated carbocycles. The molecule has 324 valence electrons. The Morgan fingerprint density at radius 1 is 0.564 bits per heavy atom. The average molecular weight is 902 g/mol. The van der Waals surface area contributed by atoms with Gasteiger partial charge in [-0.25, -0.2) is 9.59 Å². The third-order valence-corrected chi connectivity index (χ3v) is 34.7. The summed E-state index contributed by atoms with van der Waals surface area (Å²) in [6.45, 7) is 36.8. The summed E-state index contributed by atoms with van der Waals surface area (Å²) in [6.07, 6.45) is 2.45. The molecule has 0 aliphatic heterocycles. The van der Waals surface area contributed by atoms with Crippen LogP contribution in [0.1, 0.15) is 60.8 Å². The lowest BCUT2D eigenvalue weighted by atomic mass is 10.4. The first-order chi connectivity index (χ1) is 25.5. The summed E-state index contributed by atoms with van der Waals surface area (Å²) in [7, 11) is -13.9. The summed E-state index contributed by atoms with van der Waals surface area (Å²) in [4.78, 5) is 23.8. The normalized spacial score (nSPS) is 16.5. The third kappa shape index (κ3) is 24.7. The summed E-state index contributed by atoms with van der Waals surface area (Å²) in [5.74, 6) is -0.473. The molecule has 4 atom stereocenters. The summed E-state index contributed by atoms with van der Waals surface area (Å²) in [6, 6.07) is 5.02. The lowest BCUT2D eigenvalue weighted by Crippen LogP contribution is -2.56. The van der Waals surface area contributed by atoms with Crippen LogP contribution >= 0.6 is 12.2 Å². The fourth-order valence-electron chi connectivity index (χ4n) is 5.83. The molecular formula is C35H80N4O9SSi6. The number of hydrogen-bond acceptors (Lipinski definition) is 10. The monoisotopic (exact) mass is 900 g/mol. The third-order valence-electron chi connectivity index (χ3n) is 9.34. The maximum absolute atomic E-state index is 12.3. The van der Waals surface area contributed by atoms with Gasteiger partial charge in [0.1, 0.15) is 6.61 Å². The van der Waals surface area contributed by atoms with Crippen molar-refractivity contribution < 1.29 is 39.6 Å². The minimum Gasteiger partial charge on any atom is -0.460 e. The first-order valence-corrected chi connectivity index (χ1v) is 37.1. The Bertz CT molecular complexity index is 1180. The van der Waals surface area contributed by atoms with E-state index in [0.717, 1.165) is 49.6 Å². The van der Waals surface area contributed by atoms with Gasteiger partial charge < -0.3 is 51.3 Å². The van der Waals surface area contributed by atoms with Crippen molar-refractivity contribution in [1.29, 1.82) is 0 Å². The molecule has 0 heterocycles. The zero-order valence-electron chi connectivity index (χ0n) is 37.1. The fourth-order valence-corrected chi connectivity index (χ4v) is 32.0. The van der Waals surface area contributed by atoms with Crippen LogP contribution in [0.3, 0.4) is 0 Å². The minimum atomic E-state index is -2.66. The van der Waals surface area contributed by atoms with Crippen LogP contribution in [0, 0.1) is 0 Å². The van der Waals surface area contributed by atoms with Crippen LogP contribution in [0.2, 0.25) is 88.6 Å². The summed E-state index contributed by atoms with van der Waals surface area (Å²) < 4.78 is 45.3. The van der Waals surface area contributed by atoms with Crippen molar-refractivity contribution in [1.82, 2.24) is 21.3 Å². The smallest absolute Gasteiger partial charge is 0.333 e. The number of carbonyl (C=O) groups excluding carboxylic acids is 2. The molecule has 0 rings (SSSR count). The molecule has 0 aromatic carbocycles. The van der Waals surface area contributed by atoms with Crippen molar-refractivity contribution in [3.63, 3.8) is 0 Å². The predicted molar refractivity (Wildman–Crippen MR) is 245 cm³/mol. The standard InChI is InChI=1S/C35H80N4O9SSi6/c1-16-43-52(12,20-5)47-54(14,45-50(8,9)18-3)30-22-25-38-35(49)39-26-23-31-55(15,46-51(10,11)19-4)48-53(13,44-17-2)29-21-24-36-34(41)37-27-28-42-33(40)32(6)7/h6,16-31H2,1-5,7-15H3,(H2,36,37,41)(H2,38,39,49). The number of ether oxygens (including phenoxy) is 1. The molecule has 0 aromatic rings. The minimum absolute atomic E-state index is 0.0851. The number of thiocarbonyl (C=S) groups is 1. The van der Waals surface area contributed by atoms with E-state index in [1.165, 1.54) is 0 Å². The van der Waals surface area contributed by atoms with E-state index >= 15 is 0 Å². The van der Waals surface area contributed by atoms with Crippen LogP contribution in [-0.4, -0.2) is 114 Å². The van der Waals surface area contributed by atoms with Crippen molar-refractivity contribution in [2.75, 3.05) is 46.0 Å². The predicted octanol–water partition coefficient (Wildman–Crippen LogP) is 7.94. The molecule has 0 fully saturated rings. The quantitative estimate of drug-likeness (QED) is 0.0176.